The van der Waals surface area contributed by atoms with Crippen LogP contribution in [0, 0.1) is 11.8 Å². The van der Waals surface area contributed by atoms with Gasteiger partial charge in [-0.3, -0.25) is 0 Å². The summed E-state index contributed by atoms with van der Waals surface area (Å²) in [5.41, 5.74) is 4.82. The highest BCUT2D eigenvalue weighted by atomic mass is 28.4. The summed E-state index contributed by atoms with van der Waals surface area (Å²) in [6.45, 7) is 8.07. The number of rotatable bonds is 21. The van der Waals surface area contributed by atoms with E-state index in [0.717, 1.165) is 38.2 Å². The molecular weight excluding hydrogens is 969 g/mol. The van der Waals surface area contributed by atoms with Crippen LogP contribution in [0.25, 0.3) is 0 Å². The molecule has 2 aliphatic heterocycles. The monoisotopic (exact) mass is 1040 g/mol. The van der Waals surface area contributed by atoms with Crippen molar-refractivity contribution in [2.45, 2.75) is 120 Å². The molecule has 10 nitrogen and oxygen atoms in total. The fourth-order valence-corrected chi connectivity index (χ4v) is 14.8. The van der Waals surface area contributed by atoms with Crippen LogP contribution < -0.4 is 10.4 Å². The van der Waals surface area contributed by atoms with Gasteiger partial charge in [0, 0.05) is 7.11 Å². The van der Waals surface area contributed by atoms with Gasteiger partial charge < -0.3 is 47.4 Å². The highest BCUT2D eigenvalue weighted by molar-refractivity contribution is 6.99. The molecule has 0 radical (unpaired) electrons. The van der Waals surface area contributed by atoms with Gasteiger partial charge in [-0.15, -0.1) is 0 Å². The zero-order chi connectivity index (χ0) is 52.6. The number of ether oxygens (including phenoxy) is 8. The Balaban J connectivity index is 1.10. The Bertz CT molecular complexity index is 2790. The van der Waals surface area contributed by atoms with Crippen molar-refractivity contribution in [2.75, 3.05) is 13.7 Å². The van der Waals surface area contributed by atoms with E-state index in [1.165, 1.54) is 0 Å². The standard InChI is InChI=1S/C65H70O10Si/c1-65(2,3)76(53-36-22-10-23-37-53,54-38-24-11-25-39-54)73-47-57-60(69-43-49-28-14-6-15-29-49)61(70-44-50-30-16-7-17-31-50)58(66)55(74-57)40-41-56-59(68-42-48-26-12-5-13-27-48)62(71-45-51-32-18-8-19-33-51)63(64(67-4)75-56)72-46-52-34-20-9-21-35-52/h5-39,55-64,66H,42-47H2,1-4H3/t55-,56-,57-,58+,59-,60+,61-,62+,63-,64+/m1/s1. The first-order valence-corrected chi connectivity index (χ1v) is 28.2. The van der Waals surface area contributed by atoms with Gasteiger partial charge >= 0.3 is 0 Å². The topological polar surface area (TPSA) is 103 Å². The maximum Gasteiger partial charge on any atom is 0.261 e. The molecule has 7 aromatic carbocycles. The van der Waals surface area contributed by atoms with Crippen molar-refractivity contribution >= 4 is 18.7 Å². The third-order valence-corrected chi connectivity index (χ3v) is 19.1. The summed E-state index contributed by atoms with van der Waals surface area (Å²) in [4.78, 5) is 0. The number of aliphatic hydroxyl groups excluding tert-OH is 1. The lowest BCUT2D eigenvalue weighted by Crippen LogP contribution is -2.68. The van der Waals surface area contributed by atoms with Gasteiger partial charge in [0.05, 0.1) is 39.6 Å². The van der Waals surface area contributed by atoms with E-state index >= 15 is 0 Å². The second-order valence-electron chi connectivity index (χ2n) is 20.3. The van der Waals surface area contributed by atoms with Crippen LogP contribution in [0.1, 0.15) is 48.6 Å². The second-order valence-corrected chi connectivity index (χ2v) is 24.6. The molecule has 2 fully saturated rings. The smallest absolute Gasteiger partial charge is 0.261 e. The number of aliphatic hydroxyl groups is 1. The molecule has 7 aromatic rings. The maximum atomic E-state index is 12.7. The maximum absolute atomic E-state index is 12.7. The molecule has 76 heavy (non-hydrogen) atoms. The Labute approximate surface area is 449 Å². The van der Waals surface area contributed by atoms with E-state index in [-0.39, 0.29) is 44.7 Å². The lowest BCUT2D eigenvalue weighted by Gasteiger charge is -2.47. The second kappa shape index (κ2) is 26.8. The molecule has 0 aromatic heterocycles. The van der Waals surface area contributed by atoms with Crippen molar-refractivity contribution in [3.05, 3.63) is 240 Å². The summed E-state index contributed by atoms with van der Waals surface area (Å²) >= 11 is 0. The van der Waals surface area contributed by atoms with Crippen LogP contribution in [0.5, 0.6) is 0 Å². The first-order chi connectivity index (χ1) is 37.2. The number of methoxy groups -OCH3 is 1. The summed E-state index contributed by atoms with van der Waals surface area (Å²) in [5.74, 6) is 6.77. The molecule has 11 heteroatoms. The Kier molecular flexibility index (Phi) is 19.3. The minimum absolute atomic E-state index is 0.104. The van der Waals surface area contributed by atoms with Crippen molar-refractivity contribution < 1.29 is 47.4 Å². The summed E-state index contributed by atoms with van der Waals surface area (Å²) in [6.07, 6.45) is -8.96. The predicted octanol–water partition coefficient (Wildman–Crippen LogP) is 9.99. The minimum Gasteiger partial charge on any atom is -0.405 e. The van der Waals surface area contributed by atoms with Gasteiger partial charge in [-0.1, -0.05) is 245 Å². The third-order valence-electron chi connectivity index (χ3n) is 14.1. The number of benzene rings is 7. The molecule has 0 aliphatic carbocycles. The van der Waals surface area contributed by atoms with Crippen LogP contribution in [-0.2, 0) is 75.4 Å². The summed E-state index contributed by atoms with van der Waals surface area (Å²) < 4.78 is 61.8. The van der Waals surface area contributed by atoms with Gasteiger partial charge in [0.15, 0.2) is 6.29 Å². The Morgan fingerprint density at radius 1 is 0.421 bits per heavy atom. The van der Waals surface area contributed by atoms with E-state index in [0.29, 0.717) is 0 Å². The Morgan fingerprint density at radius 3 is 1.16 bits per heavy atom. The van der Waals surface area contributed by atoms with Gasteiger partial charge in [-0.25, -0.2) is 0 Å². The van der Waals surface area contributed by atoms with Crippen LogP contribution in [0.4, 0.5) is 0 Å². The van der Waals surface area contributed by atoms with E-state index in [1.54, 1.807) is 7.11 Å². The fraction of sp³-hybridized carbons (Fsp3) is 0.323. The molecule has 2 aliphatic rings. The third kappa shape index (κ3) is 13.7. The Morgan fingerprint density at radius 2 is 0.763 bits per heavy atom. The first kappa shape index (κ1) is 54.7. The number of hydrogen-bond acceptors (Lipinski definition) is 10. The van der Waals surface area contributed by atoms with Crippen molar-refractivity contribution in [3.63, 3.8) is 0 Å². The van der Waals surface area contributed by atoms with Gasteiger partial charge in [0.1, 0.15) is 54.9 Å². The van der Waals surface area contributed by atoms with Crippen LogP contribution in [0.15, 0.2) is 212 Å². The normalized spacial score (nSPS) is 23.8. The summed E-state index contributed by atoms with van der Waals surface area (Å²) in [5, 5.41) is 14.6. The van der Waals surface area contributed by atoms with Gasteiger partial charge in [0.2, 0.25) is 0 Å². The molecule has 394 valence electrons. The van der Waals surface area contributed by atoms with Crippen LogP contribution >= 0.6 is 0 Å². The number of hydrogen-bond donors (Lipinski definition) is 1. The van der Waals surface area contributed by atoms with Gasteiger partial charge in [0.25, 0.3) is 8.32 Å². The van der Waals surface area contributed by atoms with Crippen molar-refractivity contribution in [2.24, 2.45) is 0 Å². The van der Waals surface area contributed by atoms with E-state index < -0.39 is 69.5 Å². The Hall–Kier alpha value is -6.08. The van der Waals surface area contributed by atoms with Crippen molar-refractivity contribution in [1.29, 1.82) is 0 Å². The largest absolute Gasteiger partial charge is 0.405 e. The molecular formula is C65H70O10Si. The molecule has 0 saturated carbocycles. The predicted molar refractivity (Wildman–Crippen MR) is 297 cm³/mol. The van der Waals surface area contributed by atoms with E-state index in [1.807, 2.05) is 164 Å². The highest BCUT2D eigenvalue weighted by Gasteiger charge is 2.53. The van der Waals surface area contributed by atoms with Crippen LogP contribution in [-0.4, -0.2) is 88.4 Å². The zero-order valence-electron chi connectivity index (χ0n) is 43.8. The molecule has 9 rings (SSSR count). The zero-order valence-corrected chi connectivity index (χ0v) is 44.8. The van der Waals surface area contributed by atoms with Gasteiger partial charge in [-0.05, 0) is 43.2 Å². The van der Waals surface area contributed by atoms with Crippen molar-refractivity contribution in [3.8, 4) is 11.8 Å². The van der Waals surface area contributed by atoms with Crippen LogP contribution in [0.2, 0.25) is 5.04 Å². The minimum atomic E-state index is -3.11. The van der Waals surface area contributed by atoms with E-state index in [9.17, 15) is 5.11 Å². The summed E-state index contributed by atoms with van der Waals surface area (Å²) in [6, 6.07) is 70.8. The van der Waals surface area contributed by atoms with E-state index in [2.05, 4.69) is 81.1 Å². The van der Waals surface area contributed by atoms with Crippen molar-refractivity contribution in [1.82, 2.24) is 0 Å². The molecule has 0 bridgehead atoms. The molecule has 0 unspecified atom stereocenters. The molecule has 0 spiro atoms. The summed E-state index contributed by atoms with van der Waals surface area (Å²) in [7, 11) is -1.53. The van der Waals surface area contributed by atoms with Gasteiger partial charge in [-0.2, -0.15) is 0 Å². The highest BCUT2D eigenvalue weighted by Crippen LogP contribution is 2.38. The van der Waals surface area contributed by atoms with E-state index in [4.69, 9.17) is 42.3 Å². The molecule has 0 amide bonds. The molecule has 2 heterocycles. The average molecular weight is 1040 g/mol. The fourth-order valence-electron chi connectivity index (χ4n) is 10.2. The average Bonchev–Trinajstić information content (AvgIpc) is 3.53. The van der Waals surface area contributed by atoms with Crippen LogP contribution in [0.3, 0.4) is 0 Å². The lowest BCUT2D eigenvalue weighted by molar-refractivity contribution is -0.307. The molecule has 1 N–H and O–H groups in total. The molecule has 2 saturated heterocycles. The SMILES string of the molecule is CO[C@H]1O[C@H](C#C[C@H]2O[C@H](CO[Si](c3ccccc3)(c3ccccc3)C(C)(C)C)[C@H](OCc3ccccc3)[C@H](OCc3ccccc3)[C@H]2O)[C@@H](OCc2ccccc2)[C@H](OCc2ccccc2)[C@H]1OCc1ccccc1. The lowest BCUT2D eigenvalue weighted by atomic mass is 9.93. The molecule has 10 atom stereocenters. The quantitative estimate of drug-likeness (QED) is 0.0553. The first-order valence-electron chi connectivity index (χ1n) is 26.3.